The largest absolute Gasteiger partial charge is 0.465 e. The predicted octanol–water partition coefficient (Wildman–Crippen LogP) is 2.01. The van der Waals surface area contributed by atoms with Crippen LogP contribution in [0.4, 0.5) is 5.82 Å². The van der Waals surface area contributed by atoms with E-state index >= 15 is 0 Å². The quantitative estimate of drug-likeness (QED) is 0.511. The fraction of sp³-hybridized carbons (Fsp3) is 0.231. The number of benzene rings is 1. The van der Waals surface area contributed by atoms with E-state index in [0.29, 0.717) is 5.56 Å². The molecule has 2 aromatic rings. The van der Waals surface area contributed by atoms with Gasteiger partial charge in [0, 0.05) is 0 Å². The van der Waals surface area contributed by atoms with Gasteiger partial charge in [0.25, 0.3) is 0 Å². The number of nitro groups is 1. The van der Waals surface area contributed by atoms with Crippen LogP contribution in [0.25, 0.3) is 0 Å². The van der Waals surface area contributed by atoms with E-state index in [2.05, 4.69) is 9.97 Å². The minimum absolute atomic E-state index is 0.196. The molecule has 0 bridgehead atoms. The van der Waals surface area contributed by atoms with Crippen LogP contribution >= 0.6 is 0 Å². The molecule has 1 heterocycles. The zero-order chi connectivity index (χ0) is 14.5. The normalized spacial score (nSPS) is 11.8. The molecule has 0 radical (unpaired) electrons. The van der Waals surface area contributed by atoms with Crippen molar-refractivity contribution in [3.05, 3.63) is 58.0 Å². The molecule has 1 N–H and O–H groups in total. The molecule has 0 aliphatic rings. The lowest BCUT2D eigenvalue weighted by Crippen LogP contribution is -2.18. The Morgan fingerprint density at radius 1 is 1.45 bits per heavy atom. The van der Waals surface area contributed by atoms with Crippen molar-refractivity contribution in [2.45, 2.75) is 12.8 Å². The Balaban J connectivity index is 2.40. The topological polar surface area (TPSA) is 98.1 Å². The lowest BCUT2D eigenvalue weighted by Gasteiger charge is -2.11. The lowest BCUT2D eigenvalue weighted by molar-refractivity contribution is -0.389. The second-order valence-corrected chi connectivity index (χ2v) is 4.01. The molecule has 0 saturated carbocycles. The number of hydrogen-bond donors (Lipinski definition) is 1. The third kappa shape index (κ3) is 2.82. The Hall–Kier alpha value is -2.70. The number of hydrogen-bond acceptors (Lipinski definition) is 5. The van der Waals surface area contributed by atoms with E-state index in [9.17, 15) is 14.9 Å². The summed E-state index contributed by atoms with van der Waals surface area (Å²) in [4.78, 5) is 28.6. The fourth-order valence-corrected chi connectivity index (χ4v) is 1.84. The Labute approximate surface area is 114 Å². The second kappa shape index (κ2) is 5.96. The average molecular weight is 275 g/mol. The lowest BCUT2D eigenvalue weighted by atomic mass is 9.99. The van der Waals surface area contributed by atoms with Crippen LogP contribution in [0.1, 0.15) is 24.2 Å². The molecular formula is C13H13N3O4. The second-order valence-electron chi connectivity index (χ2n) is 4.01. The summed E-state index contributed by atoms with van der Waals surface area (Å²) in [6, 6.07) is 8.86. The molecule has 2 rings (SSSR count). The van der Waals surface area contributed by atoms with Crippen molar-refractivity contribution >= 4 is 11.8 Å². The number of esters is 1. The van der Waals surface area contributed by atoms with Crippen LogP contribution in [-0.4, -0.2) is 27.5 Å². The Kier molecular flexibility index (Phi) is 4.09. The maximum atomic E-state index is 12.1. The van der Waals surface area contributed by atoms with Crippen LogP contribution in [-0.2, 0) is 9.53 Å². The smallest absolute Gasteiger partial charge is 0.340 e. The van der Waals surface area contributed by atoms with Gasteiger partial charge in [0.15, 0.2) is 5.92 Å². The van der Waals surface area contributed by atoms with Gasteiger partial charge < -0.3 is 14.9 Å². The summed E-state index contributed by atoms with van der Waals surface area (Å²) in [5, 5.41) is 10.7. The van der Waals surface area contributed by atoms with Gasteiger partial charge in [-0.1, -0.05) is 30.3 Å². The van der Waals surface area contributed by atoms with Gasteiger partial charge in [-0.2, -0.15) is 0 Å². The summed E-state index contributed by atoms with van der Waals surface area (Å²) in [6.07, 6.45) is 1.09. The van der Waals surface area contributed by atoms with Gasteiger partial charge in [0.2, 0.25) is 5.82 Å². The molecule has 1 unspecified atom stereocenters. The van der Waals surface area contributed by atoms with Crippen molar-refractivity contribution in [1.29, 1.82) is 0 Å². The summed E-state index contributed by atoms with van der Waals surface area (Å²) >= 11 is 0. The molecule has 0 aliphatic carbocycles. The average Bonchev–Trinajstić information content (AvgIpc) is 2.90. The Morgan fingerprint density at radius 3 is 2.70 bits per heavy atom. The first kappa shape index (κ1) is 13.7. The number of rotatable bonds is 5. The highest BCUT2D eigenvalue weighted by Gasteiger charge is 2.30. The molecule has 1 atom stereocenters. The van der Waals surface area contributed by atoms with Gasteiger partial charge in [-0.05, 0) is 17.4 Å². The minimum Gasteiger partial charge on any atom is -0.465 e. The zero-order valence-corrected chi connectivity index (χ0v) is 10.8. The molecule has 1 aromatic heterocycles. The van der Waals surface area contributed by atoms with Crippen LogP contribution in [0.15, 0.2) is 36.5 Å². The maximum absolute atomic E-state index is 12.1. The summed E-state index contributed by atoms with van der Waals surface area (Å²) in [7, 11) is 0. The number of imidazole rings is 1. The van der Waals surface area contributed by atoms with Crippen molar-refractivity contribution in [3.63, 3.8) is 0 Å². The van der Waals surface area contributed by atoms with Gasteiger partial charge in [0.05, 0.1) is 6.61 Å². The number of carbonyl (C=O) groups is 1. The number of nitrogens with one attached hydrogen (secondary N) is 1. The minimum atomic E-state index is -0.801. The monoisotopic (exact) mass is 275 g/mol. The molecule has 7 heteroatoms. The van der Waals surface area contributed by atoms with Gasteiger partial charge in [-0.15, -0.1) is 0 Å². The molecule has 0 saturated heterocycles. The maximum Gasteiger partial charge on any atom is 0.340 e. The first-order valence-electron chi connectivity index (χ1n) is 6.04. The van der Waals surface area contributed by atoms with Crippen molar-refractivity contribution in [1.82, 2.24) is 9.97 Å². The molecule has 7 nitrogen and oxygen atoms in total. The SMILES string of the molecule is CCOC(=O)C(c1ccccc1)c1ncc([N+](=O)[O-])[nH]1. The highest BCUT2D eigenvalue weighted by atomic mass is 16.6. The van der Waals surface area contributed by atoms with Gasteiger partial charge in [-0.25, -0.2) is 9.97 Å². The Morgan fingerprint density at radius 2 is 2.15 bits per heavy atom. The summed E-state index contributed by atoms with van der Waals surface area (Å²) in [5.74, 6) is -1.36. The highest BCUT2D eigenvalue weighted by Crippen LogP contribution is 2.25. The number of carbonyl (C=O) groups excluding carboxylic acids is 1. The number of aromatic amines is 1. The van der Waals surface area contributed by atoms with Gasteiger partial charge in [0.1, 0.15) is 6.20 Å². The summed E-state index contributed by atoms with van der Waals surface area (Å²) < 4.78 is 5.01. The molecule has 104 valence electrons. The van der Waals surface area contributed by atoms with E-state index in [4.69, 9.17) is 4.74 Å². The first-order chi connectivity index (χ1) is 9.63. The molecule has 1 aromatic carbocycles. The van der Waals surface area contributed by atoms with E-state index in [-0.39, 0.29) is 18.2 Å². The number of ether oxygens (including phenoxy) is 1. The van der Waals surface area contributed by atoms with Crippen LogP contribution in [0.5, 0.6) is 0 Å². The van der Waals surface area contributed by atoms with Crippen LogP contribution < -0.4 is 0 Å². The Bertz CT molecular complexity index is 609. The van der Waals surface area contributed by atoms with Crippen LogP contribution in [0.3, 0.4) is 0 Å². The van der Waals surface area contributed by atoms with Crippen molar-refractivity contribution in [2.24, 2.45) is 0 Å². The number of nitrogens with zero attached hydrogens (tertiary/aromatic N) is 2. The number of H-pyrrole nitrogens is 1. The molecule has 0 fully saturated rings. The fourth-order valence-electron chi connectivity index (χ4n) is 1.84. The molecule has 20 heavy (non-hydrogen) atoms. The van der Waals surface area contributed by atoms with Crippen molar-refractivity contribution in [2.75, 3.05) is 6.61 Å². The zero-order valence-electron chi connectivity index (χ0n) is 10.8. The third-order valence-electron chi connectivity index (χ3n) is 2.71. The van der Waals surface area contributed by atoms with Crippen molar-refractivity contribution in [3.8, 4) is 0 Å². The van der Waals surface area contributed by atoms with Crippen molar-refractivity contribution < 1.29 is 14.5 Å². The van der Waals surface area contributed by atoms with E-state index < -0.39 is 16.8 Å². The molecular weight excluding hydrogens is 262 g/mol. The van der Waals surface area contributed by atoms with Gasteiger partial charge >= 0.3 is 11.8 Å². The predicted molar refractivity (Wildman–Crippen MR) is 70.2 cm³/mol. The van der Waals surface area contributed by atoms with E-state index in [1.165, 1.54) is 0 Å². The molecule has 0 amide bonds. The van der Waals surface area contributed by atoms with Crippen LogP contribution in [0, 0.1) is 10.1 Å². The number of aromatic nitrogens is 2. The molecule has 0 aliphatic heterocycles. The standard InChI is InChI=1S/C13H13N3O4/c1-2-20-13(17)11(9-6-4-3-5-7-9)12-14-8-10(15-12)16(18)19/h3-8,11H,2H2,1H3,(H,14,15). The first-order valence-corrected chi connectivity index (χ1v) is 6.04. The molecule has 0 spiro atoms. The third-order valence-corrected chi connectivity index (χ3v) is 2.71. The van der Waals surface area contributed by atoms with Gasteiger partial charge in [-0.3, -0.25) is 4.79 Å². The summed E-state index contributed by atoms with van der Waals surface area (Å²) in [6.45, 7) is 1.93. The summed E-state index contributed by atoms with van der Waals surface area (Å²) in [5.41, 5.74) is 0.662. The van der Waals surface area contributed by atoms with E-state index in [0.717, 1.165) is 6.20 Å². The van der Waals surface area contributed by atoms with Crippen LogP contribution in [0.2, 0.25) is 0 Å². The highest BCUT2D eigenvalue weighted by molar-refractivity contribution is 5.81. The van der Waals surface area contributed by atoms with E-state index in [1.807, 2.05) is 6.07 Å². The van der Waals surface area contributed by atoms with E-state index in [1.54, 1.807) is 31.2 Å².